The molecule has 1 atom stereocenters. The molecule has 104 valence electrons. The van der Waals surface area contributed by atoms with Crippen LogP contribution in [0.5, 0.6) is 5.75 Å². The Morgan fingerprint density at radius 2 is 2.21 bits per heavy atom. The van der Waals surface area contributed by atoms with Gasteiger partial charge in [0, 0.05) is 0 Å². The third-order valence-electron chi connectivity index (χ3n) is 2.83. The largest absolute Gasteiger partial charge is 0.496 e. The minimum Gasteiger partial charge on any atom is -0.496 e. The van der Waals surface area contributed by atoms with Gasteiger partial charge in [0.15, 0.2) is 0 Å². The van der Waals surface area contributed by atoms with E-state index in [1.807, 2.05) is 19.9 Å². The first-order chi connectivity index (χ1) is 8.99. The highest BCUT2D eigenvalue weighted by molar-refractivity contribution is 7.80. The van der Waals surface area contributed by atoms with Crippen molar-refractivity contribution in [2.24, 2.45) is 5.73 Å². The second-order valence-corrected chi connectivity index (χ2v) is 4.89. The smallest absolute Gasteiger partial charge is 0.255 e. The Hall–Kier alpha value is -1.62. The summed E-state index contributed by atoms with van der Waals surface area (Å²) in [5.74, 6) is 0.327. The van der Waals surface area contributed by atoms with E-state index in [-0.39, 0.29) is 11.9 Å². The van der Waals surface area contributed by atoms with Crippen molar-refractivity contribution in [3.8, 4) is 5.75 Å². The van der Waals surface area contributed by atoms with Crippen molar-refractivity contribution in [1.82, 2.24) is 5.32 Å². The SMILES string of the molecule is CCCC(NC(=O)c1cc(C)ccc1OC)C(N)=S. The zero-order chi connectivity index (χ0) is 14.4. The van der Waals surface area contributed by atoms with Crippen molar-refractivity contribution in [3.63, 3.8) is 0 Å². The number of amides is 1. The highest BCUT2D eigenvalue weighted by Gasteiger charge is 2.18. The average Bonchev–Trinajstić information content (AvgIpc) is 2.37. The van der Waals surface area contributed by atoms with E-state index >= 15 is 0 Å². The van der Waals surface area contributed by atoms with Crippen LogP contribution in [0.4, 0.5) is 0 Å². The van der Waals surface area contributed by atoms with Crippen molar-refractivity contribution in [2.45, 2.75) is 32.7 Å². The van der Waals surface area contributed by atoms with Gasteiger partial charge < -0.3 is 15.8 Å². The van der Waals surface area contributed by atoms with Crippen LogP contribution in [0.25, 0.3) is 0 Å². The second-order valence-electron chi connectivity index (χ2n) is 4.42. The number of carbonyl (C=O) groups is 1. The van der Waals surface area contributed by atoms with E-state index in [9.17, 15) is 4.79 Å². The fourth-order valence-corrected chi connectivity index (χ4v) is 1.99. The first-order valence-corrected chi connectivity index (χ1v) is 6.65. The van der Waals surface area contributed by atoms with Crippen molar-refractivity contribution >= 4 is 23.1 Å². The van der Waals surface area contributed by atoms with Gasteiger partial charge >= 0.3 is 0 Å². The minimum absolute atomic E-state index is 0.216. The number of carbonyl (C=O) groups excluding carboxylic acids is 1. The predicted octanol–water partition coefficient (Wildman–Crippen LogP) is 2.19. The lowest BCUT2D eigenvalue weighted by Crippen LogP contribution is -2.43. The van der Waals surface area contributed by atoms with Crippen molar-refractivity contribution in [2.75, 3.05) is 7.11 Å². The van der Waals surface area contributed by atoms with Crippen LogP contribution in [0, 0.1) is 6.92 Å². The second kappa shape index (κ2) is 7.09. The van der Waals surface area contributed by atoms with E-state index in [1.165, 1.54) is 0 Å². The Labute approximate surface area is 119 Å². The van der Waals surface area contributed by atoms with Crippen LogP contribution in [0.3, 0.4) is 0 Å². The molecule has 1 unspecified atom stereocenters. The van der Waals surface area contributed by atoms with Crippen LogP contribution < -0.4 is 15.8 Å². The van der Waals surface area contributed by atoms with E-state index in [0.717, 1.165) is 18.4 Å². The predicted molar refractivity (Wildman–Crippen MR) is 80.7 cm³/mol. The summed E-state index contributed by atoms with van der Waals surface area (Å²) in [6, 6.07) is 5.18. The summed E-state index contributed by atoms with van der Waals surface area (Å²) in [6.07, 6.45) is 1.63. The Morgan fingerprint density at radius 1 is 1.53 bits per heavy atom. The zero-order valence-corrected chi connectivity index (χ0v) is 12.3. The summed E-state index contributed by atoms with van der Waals surface area (Å²) in [5, 5.41) is 2.85. The fourth-order valence-electron chi connectivity index (χ4n) is 1.81. The van der Waals surface area contributed by atoms with Crippen LogP contribution in [0.15, 0.2) is 18.2 Å². The summed E-state index contributed by atoms with van der Waals surface area (Å²) >= 11 is 4.97. The van der Waals surface area contributed by atoms with Gasteiger partial charge in [-0.2, -0.15) is 0 Å². The Morgan fingerprint density at radius 3 is 2.74 bits per heavy atom. The quantitative estimate of drug-likeness (QED) is 0.784. The Balaban J connectivity index is 2.93. The number of benzene rings is 1. The summed E-state index contributed by atoms with van der Waals surface area (Å²) in [5.41, 5.74) is 7.13. The van der Waals surface area contributed by atoms with Crippen LogP contribution in [-0.4, -0.2) is 24.0 Å². The molecule has 0 heterocycles. The maximum atomic E-state index is 12.3. The minimum atomic E-state index is -0.280. The van der Waals surface area contributed by atoms with Crippen molar-refractivity contribution in [3.05, 3.63) is 29.3 Å². The summed E-state index contributed by atoms with van der Waals surface area (Å²) in [4.78, 5) is 12.6. The van der Waals surface area contributed by atoms with E-state index in [2.05, 4.69) is 5.32 Å². The lowest BCUT2D eigenvalue weighted by molar-refractivity contribution is 0.0942. The molecule has 0 fully saturated rings. The van der Waals surface area contributed by atoms with Crippen LogP contribution in [0.2, 0.25) is 0 Å². The maximum Gasteiger partial charge on any atom is 0.255 e. The molecule has 5 heteroatoms. The molecule has 0 aliphatic heterocycles. The van der Waals surface area contributed by atoms with E-state index < -0.39 is 0 Å². The van der Waals surface area contributed by atoms with Gasteiger partial charge in [-0.1, -0.05) is 37.2 Å². The third-order valence-corrected chi connectivity index (χ3v) is 3.11. The van der Waals surface area contributed by atoms with Gasteiger partial charge in [0.25, 0.3) is 5.91 Å². The van der Waals surface area contributed by atoms with Gasteiger partial charge in [0.2, 0.25) is 0 Å². The number of thiocarbonyl (C=S) groups is 1. The standard InChI is InChI=1S/C14H20N2O2S/c1-4-5-11(13(15)19)16-14(17)10-8-9(2)6-7-12(10)18-3/h6-8,11H,4-5H2,1-3H3,(H2,15,19)(H,16,17). The first kappa shape index (κ1) is 15.4. The number of ether oxygens (including phenoxy) is 1. The van der Waals surface area contributed by atoms with E-state index in [1.54, 1.807) is 19.2 Å². The maximum absolute atomic E-state index is 12.3. The van der Waals surface area contributed by atoms with Crippen LogP contribution in [-0.2, 0) is 0 Å². The fraction of sp³-hybridized carbons (Fsp3) is 0.429. The van der Waals surface area contributed by atoms with E-state index in [0.29, 0.717) is 16.3 Å². The first-order valence-electron chi connectivity index (χ1n) is 6.24. The summed E-state index contributed by atoms with van der Waals surface area (Å²) in [6.45, 7) is 3.94. The lowest BCUT2D eigenvalue weighted by atomic mass is 10.1. The zero-order valence-electron chi connectivity index (χ0n) is 11.5. The molecule has 0 spiro atoms. The molecule has 0 aromatic heterocycles. The number of rotatable bonds is 6. The molecular weight excluding hydrogens is 260 g/mol. The number of methoxy groups -OCH3 is 1. The highest BCUT2D eigenvalue weighted by Crippen LogP contribution is 2.19. The van der Waals surface area contributed by atoms with Gasteiger partial charge in [0.1, 0.15) is 5.75 Å². The summed E-state index contributed by atoms with van der Waals surface area (Å²) in [7, 11) is 1.54. The van der Waals surface area contributed by atoms with Crippen molar-refractivity contribution in [1.29, 1.82) is 0 Å². The molecule has 3 N–H and O–H groups in total. The molecule has 0 saturated carbocycles. The number of hydrogen-bond acceptors (Lipinski definition) is 3. The number of hydrogen-bond donors (Lipinski definition) is 2. The highest BCUT2D eigenvalue weighted by atomic mass is 32.1. The monoisotopic (exact) mass is 280 g/mol. The molecule has 1 aromatic carbocycles. The van der Waals surface area contributed by atoms with Gasteiger partial charge in [-0.05, 0) is 25.5 Å². The van der Waals surface area contributed by atoms with Crippen LogP contribution >= 0.6 is 12.2 Å². The molecule has 4 nitrogen and oxygen atoms in total. The van der Waals surface area contributed by atoms with Gasteiger partial charge in [-0.15, -0.1) is 0 Å². The molecular formula is C14H20N2O2S. The lowest BCUT2D eigenvalue weighted by Gasteiger charge is -2.17. The molecule has 0 bridgehead atoms. The van der Waals surface area contributed by atoms with Crippen molar-refractivity contribution < 1.29 is 9.53 Å². The normalized spacial score (nSPS) is 11.7. The van der Waals surface area contributed by atoms with Gasteiger partial charge in [0.05, 0.1) is 23.7 Å². The molecule has 0 aliphatic rings. The molecule has 1 amide bonds. The molecule has 1 rings (SSSR count). The number of nitrogens with two attached hydrogens (primary N) is 1. The number of aryl methyl sites for hydroxylation is 1. The summed E-state index contributed by atoms with van der Waals surface area (Å²) < 4.78 is 5.20. The number of nitrogens with one attached hydrogen (secondary N) is 1. The van der Waals surface area contributed by atoms with Gasteiger partial charge in [-0.3, -0.25) is 4.79 Å². The third kappa shape index (κ3) is 4.21. The Kier molecular flexibility index (Phi) is 5.76. The molecule has 0 aliphatic carbocycles. The molecule has 1 aromatic rings. The molecule has 0 saturated heterocycles. The van der Waals surface area contributed by atoms with Gasteiger partial charge in [-0.25, -0.2) is 0 Å². The average molecular weight is 280 g/mol. The topological polar surface area (TPSA) is 64.3 Å². The van der Waals surface area contributed by atoms with E-state index in [4.69, 9.17) is 22.7 Å². The molecule has 19 heavy (non-hydrogen) atoms. The molecule has 0 radical (unpaired) electrons. The Bertz CT molecular complexity index is 475. The van der Waals surface area contributed by atoms with Crippen LogP contribution in [0.1, 0.15) is 35.7 Å².